The number of nitrogens with one attached hydrogen (secondary N) is 2. The highest BCUT2D eigenvalue weighted by molar-refractivity contribution is 6.36. The summed E-state index contributed by atoms with van der Waals surface area (Å²) in [5, 5.41) is 27.5. The minimum Gasteiger partial charge on any atom is -0.481 e. The molecule has 5 aromatic rings. The van der Waals surface area contributed by atoms with Crippen LogP contribution in [-0.4, -0.2) is 75.0 Å². The predicted molar refractivity (Wildman–Crippen MR) is 201 cm³/mol. The van der Waals surface area contributed by atoms with Crippen molar-refractivity contribution in [3.8, 4) is 40.4 Å². The van der Waals surface area contributed by atoms with Crippen LogP contribution in [0.3, 0.4) is 0 Å². The second-order valence-corrected chi connectivity index (χ2v) is 14.8. The largest absolute Gasteiger partial charge is 0.481 e. The van der Waals surface area contributed by atoms with E-state index in [1.54, 1.807) is 13.2 Å². The average molecular weight is 746 g/mol. The fourth-order valence-electron chi connectivity index (χ4n) is 7.74. The smallest absolute Gasteiger partial charge is 0.228 e. The molecule has 0 unspecified atom stereocenters. The van der Waals surface area contributed by atoms with Crippen LogP contribution in [-0.2, 0) is 24.3 Å². The first-order chi connectivity index (χ1) is 25.8. The number of benzene rings is 3. The van der Waals surface area contributed by atoms with E-state index in [2.05, 4.69) is 44.0 Å². The number of methoxy groups -OCH3 is 1. The highest BCUT2D eigenvalue weighted by atomic mass is 35.5. The molecule has 2 aliphatic heterocycles. The monoisotopic (exact) mass is 745 g/mol. The summed E-state index contributed by atoms with van der Waals surface area (Å²) >= 11 is 7.17. The molecule has 1 aliphatic carbocycles. The molecule has 2 saturated heterocycles. The van der Waals surface area contributed by atoms with Gasteiger partial charge in [0.05, 0.1) is 39.6 Å². The number of β-amino-alcohol motifs (C(OH)–C–C–N with tert-alkyl or cyclic N) is 1. The number of oxazole rings is 1. The Morgan fingerprint density at radius 3 is 2.70 bits per heavy atom. The van der Waals surface area contributed by atoms with Crippen molar-refractivity contribution in [1.82, 2.24) is 25.5 Å². The molecule has 8 rings (SSSR count). The number of likely N-dealkylation sites (tertiary alicyclic amines) is 1. The molecule has 53 heavy (non-hydrogen) atoms. The van der Waals surface area contributed by atoms with E-state index in [1.165, 1.54) is 0 Å². The van der Waals surface area contributed by atoms with Crippen molar-refractivity contribution in [2.45, 2.75) is 63.4 Å². The minimum atomic E-state index is -0.300. The number of nitriles is 1. The van der Waals surface area contributed by atoms with Gasteiger partial charge in [-0.1, -0.05) is 41.9 Å². The molecule has 3 N–H and O–H groups in total. The van der Waals surface area contributed by atoms with Crippen LogP contribution in [0, 0.1) is 11.3 Å². The van der Waals surface area contributed by atoms with Crippen molar-refractivity contribution in [3.63, 3.8) is 0 Å². The molecule has 3 atom stereocenters. The van der Waals surface area contributed by atoms with Crippen molar-refractivity contribution in [3.05, 3.63) is 87.4 Å². The number of amides is 1. The van der Waals surface area contributed by atoms with E-state index in [4.69, 9.17) is 35.5 Å². The van der Waals surface area contributed by atoms with Crippen molar-refractivity contribution in [1.29, 1.82) is 5.26 Å². The molecule has 11 nitrogen and oxygen atoms in total. The third-order valence-corrected chi connectivity index (χ3v) is 11.1. The number of hydrogen-bond acceptors (Lipinski definition) is 10. The van der Waals surface area contributed by atoms with Crippen molar-refractivity contribution < 1.29 is 23.8 Å². The van der Waals surface area contributed by atoms with Gasteiger partial charge in [-0.3, -0.25) is 9.69 Å². The second kappa shape index (κ2) is 14.9. The normalized spacial score (nSPS) is 19.8. The summed E-state index contributed by atoms with van der Waals surface area (Å²) < 4.78 is 18.4. The number of carbonyl (C=O) groups excluding carboxylic acids is 1. The molecular formula is C40H38ClN6O5Si. The average Bonchev–Trinajstić information content (AvgIpc) is 3.96. The van der Waals surface area contributed by atoms with Crippen LogP contribution in [0.25, 0.3) is 33.7 Å². The fourth-order valence-corrected chi connectivity index (χ4v) is 8.34. The number of ether oxygens (including phenoxy) is 2. The first kappa shape index (κ1) is 35.3. The lowest BCUT2D eigenvalue weighted by Crippen LogP contribution is -2.35. The van der Waals surface area contributed by atoms with E-state index in [1.807, 2.05) is 36.4 Å². The second-order valence-electron chi connectivity index (χ2n) is 13.9. The Bertz CT molecular complexity index is 2260. The molecule has 13 heteroatoms. The zero-order valence-corrected chi connectivity index (χ0v) is 31.0. The number of aliphatic hydroxyl groups excluding tert-OH is 1. The van der Waals surface area contributed by atoms with E-state index in [-0.39, 0.29) is 24.2 Å². The van der Waals surface area contributed by atoms with Gasteiger partial charge in [-0.2, -0.15) is 10.2 Å². The Labute approximate surface area is 315 Å². The first-order valence-corrected chi connectivity index (χ1v) is 18.8. The minimum absolute atomic E-state index is 0.0822. The van der Waals surface area contributed by atoms with Gasteiger partial charge in [0.2, 0.25) is 23.6 Å². The van der Waals surface area contributed by atoms with Gasteiger partial charge in [0, 0.05) is 56.3 Å². The maximum atomic E-state index is 11.5. The van der Waals surface area contributed by atoms with Gasteiger partial charge in [-0.15, -0.1) is 0 Å². The summed E-state index contributed by atoms with van der Waals surface area (Å²) in [6.07, 6.45) is 3.17. The van der Waals surface area contributed by atoms with Crippen LogP contribution in [0.2, 0.25) is 5.02 Å². The molecule has 269 valence electrons. The molecule has 3 aliphatic rings. The summed E-state index contributed by atoms with van der Waals surface area (Å²) in [5.41, 5.74) is 7.92. The highest BCUT2D eigenvalue weighted by Gasteiger charge is 2.30. The predicted octanol–water partition coefficient (Wildman–Crippen LogP) is 4.89. The summed E-state index contributed by atoms with van der Waals surface area (Å²) in [6, 6.07) is 20.1. The summed E-state index contributed by atoms with van der Waals surface area (Å²) in [4.78, 5) is 23.3. The van der Waals surface area contributed by atoms with E-state index in [9.17, 15) is 15.2 Å². The topological polar surface area (TPSA) is 146 Å². The quantitative estimate of drug-likeness (QED) is 0.160. The first-order valence-electron chi connectivity index (χ1n) is 17.9. The molecule has 4 heterocycles. The van der Waals surface area contributed by atoms with Gasteiger partial charge in [-0.05, 0) is 77.4 Å². The third-order valence-electron chi connectivity index (χ3n) is 10.3. The number of aromatic nitrogens is 2. The van der Waals surface area contributed by atoms with Crippen LogP contribution >= 0.6 is 11.6 Å². The lowest BCUT2D eigenvalue weighted by Gasteiger charge is -2.20. The van der Waals surface area contributed by atoms with Gasteiger partial charge in [-0.25, -0.2) is 4.98 Å². The molecule has 0 saturated carbocycles. The Hall–Kier alpha value is -4.77. The maximum Gasteiger partial charge on any atom is 0.228 e. The van der Waals surface area contributed by atoms with Gasteiger partial charge in [0.1, 0.15) is 17.7 Å². The number of halogens is 1. The van der Waals surface area contributed by atoms with Gasteiger partial charge < -0.3 is 29.6 Å². The Morgan fingerprint density at radius 1 is 1.09 bits per heavy atom. The van der Waals surface area contributed by atoms with Crippen molar-refractivity contribution in [2.75, 3.05) is 26.7 Å². The summed E-state index contributed by atoms with van der Waals surface area (Å²) in [7, 11) is 5.35. The Morgan fingerprint density at radius 2 is 1.92 bits per heavy atom. The number of rotatable bonds is 11. The van der Waals surface area contributed by atoms with Crippen LogP contribution < -0.4 is 25.3 Å². The molecular weight excluding hydrogens is 708 g/mol. The fraction of sp³-hybridized carbons (Fsp3) is 0.350. The molecule has 3 aromatic carbocycles. The molecule has 0 spiro atoms. The molecule has 3 radical (unpaired) electrons. The zero-order valence-electron chi connectivity index (χ0n) is 29.2. The summed E-state index contributed by atoms with van der Waals surface area (Å²) in [5.74, 6) is 1.38. The maximum absolute atomic E-state index is 11.5. The number of hydrogen-bond donors (Lipinski definition) is 3. The number of fused-ring (bicyclic) bond motifs is 2. The van der Waals surface area contributed by atoms with E-state index in [0.29, 0.717) is 77.5 Å². The third kappa shape index (κ3) is 7.15. The van der Waals surface area contributed by atoms with Crippen molar-refractivity contribution >= 4 is 44.0 Å². The highest BCUT2D eigenvalue weighted by Crippen LogP contribution is 2.44. The van der Waals surface area contributed by atoms with Crippen LogP contribution in [0.15, 0.2) is 59.0 Å². The van der Waals surface area contributed by atoms with Gasteiger partial charge in [0.25, 0.3) is 0 Å². The van der Waals surface area contributed by atoms with Crippen LogP contribution in [0.5, 0.6) is 11.8 Å². The molecule has 2 fully saturated rings. The Kier molecular flexibility index (Phi) is 9.93. The molecule has 2 aromatic heterocycles. The SMILES string of the molecule is COc1nc(O[C@@H]2CCc3c(-c4cccc(-c5nc6cc(CNC[C@@H]7CCC(=O)N7)cc(C#N)c6o5)c4Cl)cccc32)c([Si])cc1CN1CC[C@@H](O)C1. The number of aliphatic hydroxyl groups is 1. The van der Waals surface area contributed by atoms with Crippen LogP contribution in [0.4, 0.5) is 0 Å². The number of pyridine rings is 1. The van der Waals surface area contributed by atoms with Gasteiger partial charge >= 0.3 is 0 Å². The zero-order chi connectivity index (χ0) is 36.6. The Balaban J connectivity index is 1.03. The lowest BCUT2D eigenvalue weighted by atomic mass is 9.95. The summed E-state index contributed by atoms with van der Waals surface area (Å²) in [6.45, 7) is 3.26. The number of nitrogens with zero attached hydrogens (tertiary/aromatic N) is 4. The molecule has 0 bridgehead atoms. The van der Waals surface area contributed by atoms with E-state index < -0.39 is 0 Å². The van der Waals surface area contributed by atoms with E-state index in [0.717, 1.165) is 70.8 Å². The standard InChI is InChI=1S/C40H38ClN6O5Si/c1-50-38-24(20-47-13-12-26(48)21-47)16-34(53)40(46-38)51-33-10-9-28-27(4-2-5-29(28)33)30-6-3-7-31(36(30)41)39-45-32-15-22(14-23(17-42)37(32)52-39)18-43-19-25-8-11-35(49)44-25/h2-7,14-16,25-26,33,43,48H,8-13,18-21H2,1H3,(H,44,49)/t25-,26+,33+/m0/s1. The van der Waals surface area contributed by atoms with Crippen molar-refractivity contribution in [2.24, 2.45) is 0 Å². The van der Waals surface area contributed by atoms with Crippen LogP contribution in [0.1, 0.15) is 59.6 Å². The molecule has 1 amide bonds. The lowest BCUT2D eigenvalue weighted by molar-refractivity contribution is -0.119. The number of carbonyl (C=O) groups is 1. The van der Waals surface area contributed by atoms with E-state index >= 15 is 0 Å². The van der Waals surface area contributed by atoms with Gasteiger partial charge in [0.15, 0.2) is 5.58 Å².